The molecule has 0 radical (unpaired) electrons. The molecule has 1 aromatic heterocycles. The van der Waals surface area contributed by atoms with Crippen LogP contribution in [-0.2, 0) is 17.8 Å². The predicted octanol–water partition coefficient (Wildman–Crippen LogP) is 2.77. The lowest BCUT2D eigenvalue weighted by atomic mass is 10.1. The van der Waals surface area contributed by atoms with Crippen molar-refractivity contribution in [3.8, 4) is 0 Å². The van der Waals surface area contributed by atoms with E-state index in [9.17, 15) is 9.18 Å². The van der Waals surface area contributed by atoms with E-state index < -0.39 is 0 Å². The summed E-state index contributed by atoms with van der Waals surface area (Å²) in [6, 6.07) is 6.51. The molecule has 0 fully saturated rings. The molecule has 3 rings (SSSR count). The monoisotopic (exact) mass is 333 g/mol. The summed E-state index contributed by atoms with van der Waals surface area (Å²) in [6.45, 7) is 0.647. The fourth-order valence-electron chi connectivity index (χ4n) is 2.83. The van der Waals surface area contributed by atoms with Crippen molar-refractivity contribution >= 4 is 17.5 Å². The number of pyridine rings is 1. The molecule has 23 heavy (non-hydrogen) atoms. The molecule has 6 heteroatoms. The minimum atomic E-state index is -0.343. The Morgan fingerprint density at radius 1 is 1.35 bits per heavy atom. The number of aromatic nitrogens is 1. The van der Waals surface area contributed by atoms with Gasteiger partial charge in [-0.3, -0.25) is 9.78 Å². The first-order valence-electron chi connectivity index (χ1n) is 7.50. The van der Waals surface area contributed by atoms with Gasteiger partial charge in [0.2, 0.25) is 5.91 Å². The van der Waals surface area contributed by atoms with Gasteiger partial charge < -0.3 is 10.6 Å². The Balaban J connectivity index is 1.53. The van der Waals surface area contributed by atoms with E-state index in [4.69, 9.17) is 11.6 Å². The first-order valence-corrected chi connectivity index (χ1v) is 7.88. The minimum Gasteiger partial charge on any atom is -0.351 e. The second-order valence-corrected chi connectivity index (χ2v) is 5.97. The van der Waals surface area contributed by atoms with Crippen LogP contribution in [0.1, 0.15) is 29.2 Å². The number of halogens is 2. The highest BCUT2D eigenvalue weighted by Crippen LogP contribution is 2.36. The van der Waals surface area contributed by atoms with Gasteiger partial charge in [-0.05, 0) is 53.8 Å². The van der Waals surface area contributed by atoms with Crippen molar-refractivity contribution in [1.29, 1.82) is 0 Å². The molecule has 0 bridgehead atoms. The fourth-order valence-corrected chi connectivity index (χ4v) is 3.14. The summed E-state index contributed by atoms with van der Waals surface area (Å²) in [5.41, 5.74) is 2.83. The van der Waals surface area contributed by atoms with Crippen molar-refractivity contribution in [3.05, 3.63) is 64.2 Å². The van der Waals surface area contributed by atoms with Crippen LogP contribution in [0.4, 0.5) is 4.39 Å². The van der Waals surface area contributed by atoms with Crippen LogP contribution in [0, 0.1) is 5.82 Å². The Morgan fingerprint density at radius 3 is 2.91 bits per heavy atom. The lowest BCUT2D eigenvalue weighted by molar-refractivity contribution is -0.120. The van der Waals surface area contributed by atoms with Gasteiger partial charge in [-0.1, -0.05) is 11.6 Å². The molecular formula is C17H17ClFN3O. The van der Waals surface area contributed by atoms with Crippen molar-refractivity contribution in [1.82, 2.24) is 15.6 Å². The second kappa shape index (κ2) is 7.06. The van der Waals surface area contributed by atoms with Gasteiger partial charge in [0.1, 0.15) is 5.82 Å². The third-order valence-electron chi connectivity index (χ3n) is 4.00. The minimum absolute atomic E-state index is 0.0372. The number of rotatable bonds is 5. The number of carbonyl (C=O) groups is 1. The molecule has 0 aliphatic heterocycles. The number of carbonyl (C=O) groups excluding carboxylic acids is 1. The zero-order chi connectivity index (χ0) is 16.2. The van der Waals surface area contributed by atoms with E-state index >= 15 is 0 Å². The molecule has 0 saturated carbocycles. The van der Waals surface area contributed by atoms with E-state index in [1.54, 1.807) is 12.4 Å². The molecule has 2 N–H and O–H groups in total. The molecule has 1 heterocycles. The highest BCUT2D eigenvalue weighted by Gasteiger charge is 2.25. The van der Waals surface area contributed by atoms with Gasteiger partial charge in [0.15, 0.2) is 0 Å². The third kappa shape index (κ3) is 3.86. The van der Waals surface area contributed by atoms with Crippen molar-refractivity contribution in [2.75, 3.05) is 6.54 Å². The smallest absolute Gasteiger partial charge is 0.234 e. The summed E-state index contributed by atoms with van der Waals surface area (Å²) < 4.78 is 13.5. The van der Waals surface area contributed by atoms with Gasteiger partial charge in [-0.2, -0.15) is 0 Å². The molecule has 1 aliphatic carbocycles. The van der Waals surface area contributed by atoms with Crippen molar-refractivity contribution < 1.29 is 9.18 Å². The Morgan fingerprint density at radius 2 is 2.13 bits per heavy atom. The molecule has 0 spiro atoms. The van der Waals surface area contributed by atoms with E-state index in [2.05, 4.69) is 15.6 Å². The normalized spacial score (nSPS) is 16.2. The molecule has 1 aliphatic rings. The molecule has 120 valence electrons. The Hall–Kier alpha value is -1.98. The lowest BCUT2D eigenvalue weighted by Crippen LogP contribution is -2.34. The van der Waals surface area contributed by atoms with Crippen LogP contribution in [0.15, 0.2) is 36.7 Å². The van der Waals surface area contributed by atoms with Crippen molar-refractivity contribution in [2.24, 2.45) is 0 Å². The van der Waals surface area contributed by atoms with Crippen LogP contribution in [0.3, 0.4) is 0 Å². The van der Waals surface area contributed by atoms with Crippen LogP contribution in [0.5, 0.6) is 0 Å². The number of hydrogen-bond donors (Lipinski definition) is 2. The maximum Gasteiger partial charge on any atom is 0.234 e. The van der Waals surface area contributed by atoms with Gasteiger partial charge in [-0.15, -0.1) is 0 Å². The average molecular weight is 334 g/mol. The highest BCUT2D eigenvalue weighted by atomic mass is 35.5. The average Bonchev–Trinajstić information content (AvgIpc) is 2.95. The summed E-state index contributed by atoms with van der Waals surface area (Å²) in [5.74, 6) is -0.442. The summed E-state index contributed by atoms with van der Waals surface area (Å²) in [7, 11) is 0. The quantitative estimate of drug-likeness (QED) is 0.884. The van der Waals surface area contributed by atoms with Crippen LogP contribution in [-0.4, -0.2) is 17.4 Å². The van der Waals surface area contributed by atoms with Crippen LogP contribution in [0.25, 0.3) is 0 Å². The first-order chi connectivity index (χ1) is 11.1. The number of amides is 1. The Kier molecular flexibility index (Phi) is 4.88. The molecule has 1 amide bonds. The fraction of sp³-hybridized carbons (Fsp3) is 0.294. The summed E-state index contributed by atoms with van der Waals surface area (Å²) in [4.78, 5) is 15.9. The molecular weight excluding hydrogens is 317 g/mol. The predicted molar refractivity (Wildman–Crippen MR) is 86.6 cm³/mol. The summed E-state index contributed by atoms with van der Waals surface area (Å²) in [6.07, 6.45) is 4.99. The maximum atomic E-state index is 13.5. The molecule has 2 aromatic rings. The molecule has 0 saturated heterocycles. The first kappa shape index (κ1) is 15.9. The number of hydrogen-bond acceptors (Lipinski definition) is 3. The maximum absolute atomic E-state index is 13.5. The second-order valence-electron chi connectivity index (χ2n) is 5.56. The van der Waals surface area contributed by atoms with Gasteiger partial charge >= 0.3 is 0 Å². The van der Waals surface area contributed by atoms with Gasteiger partial charge in [-0.25, -0.2) is 4.39 Å². The zero-order valence-electron chi connectivity index (χ0n) is 12.5. The van der Waals surface area contributed by atoms with Crippen molar-refractivity contribution in [2.45, 2.75) is 25.4 Å². The van der Waals surface area contributed by atoms with Crippen LogP contribution >= 0.6 is 11.6 Å². The molecule has 1 atom stereocenters. The molecule has 1 unspecified atom stereocenters. The largest absolute Gasteiger partial charge is 0.351 e. The summed E-state index contributed by atoms with van der Waals surface area (Å²) >= 11 is 6.07. The molecule has 1 aromatic carbocycles. The number of fused-ring (bicyclic) bond motifs is 1. The van der Waals surface area contributed by atoms with Gasteiger partial charge in [0.25, 0.3) is 0 Å². The number of nitrogens with one attached hydrogen (secondary N) is 2. The standard InChI is InChI=1S/C17H17ClFN3O/c18-15-8-12(19)7-14-13(15)1-2-16(14)21-10-17(23)22-9-11-3-5-20-6-4-11/h3-8,16,21H,1-2,9-10H2,(H,22,23). The van der Waals surface area contributed by atoms with Crippen LogP contribution in [0.2, 0.25) is 5.02 Å². The molecule has 4 nitrogen and oxygen atoms in total. The van der Waals surface area contributed by atoms with E-state index in [1.165, 1.54) is 12.1 Å². The van der Waals surface area contributed by atoms with Gasteiger partial charge in [0, 0.05) is 30.0 Å². The Bertz CT molecular complexity index is 708. The Labute approximate surface area is 139 Å². The third-order valence-corrected chi connectivity index (χ3v) is 4.34. The van der Waals surface area contributed by atoms with E-state index in [1.807, 2.05) is 12.1 Å². The van der Waals surface area contributed by atoms with E-state index in [-0.39, 0.29) is 24.3 Å². The summed E-state index contributed by atoms with van der Waals surface area (Å²) in [5, 5.41) is 6.48. The van der Waals surface area contributed by atoms with E-state index in [0.717, 1.165) is 29.5 Å². The van der Waals surface area contributed by atoms with Crippen molar-refractivity contribution in [3.63, 3.8) is 0 Å². The lowest BCUT2D eigenvalue weighted by Gasteiger charge is -2.14. The van der Waals surface area contributed by atoms with Gasteiger partial charge in [0.05, 0.1) is 6.54 Å². The highest BCUT2D eigenvalue weighted by molar-refractivity contribution is 6.31. The number of benzene rings is 1. The zero-order valence-corrected chi connectivity index (χ0v) is 13.2. The van der Waals surface area contributed by atoms with Crippen LogP contribution < -0.4 is 10.6 Å². The van der Waals surface area contributed by atoms with E-state index in [0.29, 0.717) is 11.6 Å². The SMILES string of the molecule is O=C(CNC1CCc2c(Cl)cc(F)cc21)NCc1ccncc1. The topological polar surface area (TPSA) is 54.0 Å². The number of nitrogens with zero attached hydrogens (tertiary/aromatic N) is 1.